The monoisotopic (exact) mass is 532 g/mol. The highest BCUT2D eigenvalue weighted by Gasteiger charge is 2.23. The number of carbonyl (C=O) groups is 1. The molecule has 38 heavy (non-hydrogen) atoms. The zero-order valence-electron chi connectivity index (χ0n) is 21.3. The van der Waals surface area contributed by atoms with Crippen molar-refractivity contribution in [3.63, 3.8) is 0 Å². The van der Waals surface area contributed by atoms with Crippen LogP contribution in [0.5, 0.6) is 0 Å². The SMILES string of the molecule is C[C@@H]1CN(c2cccc(-c3ccc4cnc(CC(=O)Nc5cncc(S(C)(=O)=O)c5)cc4n3)n2)C[C@H](C)O1. The lowest BCUT2D eigenvalue weighted by atomic mass is 10.1. The fourth-order valence-corrected chi connectivity index (χ4v) is 5.06. The lowest BCUT2D eigenvalue weighted by Crippen LogP contribution is -2.45. The summed E-state index contributed by atoms with van der Waals surface area (Å²) in [6, 6.07) is 12.9. The van der Waals surface area contributed by atoms with Crippen LogP contribution < -0.4 is 10.2 Å². The summed E-state index contributed by atoms with van der Waals surface area (Å²) in [4.78, 5) is 32.8. The van der Waals surface area contributed by atoms with Crippen molar-refractivity contribution in [3.05, 3.63) is 66.7 Å². The summed E-state index contributed by atoms with van der Waals surface area (Å²) in [5.74, 6) is 0.539. The molecule has 1 saturated heterocycles. The van der Waals surface area contributed by atoms with Gasteiger partial charge in [-0.3, -0.25) is 14.8 Å². The van der Waals surface area contributed by atoms with Gasteiger partial charge < -0.3 is 15.0 Å². The number of anilines is 2. The number of hydrogen-bond donors (Lipinski definition) is 1. The predicted octanol–water partition coefficient (Wildman–Crippen LogP) is 3.29. The molecular weight excluding hydrogens is 504 g/mol. The minimum absolute atomic E-state index is 0.00785. The minimum Gasteiger partial charge on any atom is -0.372 e. The Hall–Kier alpha value is -3.96. The highest BCUT2D eigenvalue weighted by molar-refractivity contribution is 7.90. The van der Waals surface area contributed by atoms with Gasteiger partial charge in [0.25, 0.3) is 0 Å². The molecule has 0 saturated carbocycles. The molecule has 4 aromatic heterocycles. The van der Waals surface area contributed by atoms with E-state index >= 15 is 0 Å². The van der Waals surface area contributed by atoms with Crippen molar-refractivity contribution < 1.29 is 17.9 Å². The van der Waals surface area contributed by atoms with Crippen LogP contribution in [0.2, 0.25) is 0 Å². The third kappa shape index (κ3) is 5.95. The van der Waals surface area contributed by atoms with Gasteiger partial charge in [-0.1, -0.05) is 6.07 Å². The second-order valence-electron chi connectivity index (χ2n) is 9.51. The Morgan fingerprint density at radius 1 is 1.03 bits per heavy atom. The number of amides is 1. The number of rotatable bonds is 6. The summed E-state index contributed by atoms with van der Waals surface area (Å²) < 4.78 is 29.4. The van der Waals surface area contributed by atoms with Crippen LogP contribution in [-0.2, 0) is 25.8 Å². The second kappa shape index (κ2) is 10.4. The topological polar surface area (TPSA) is 127 Å². The van der Waals surface area contributed by atoms with Crippen molar-refractivity contribution in [1.29, 1.82) is 0 Å². The Balaban J connectivity index is 1.34. The van der Waals surface area contributed by atoms with Gasteiger partial charge in [-0.25, -0.2) is 18.4 Å². The first-order chi connectivity index (χ1) is 18.1. The molecular formula is C27H28N6O4S. The molecule has 1 N–H and O–H groups in total. The lowest BCUT2D eigenvalue weighted by Gasteiger charge is -2.36. The Morgan fingerprint density at radius 2 is 1.79 bits per heavy atom. The molecule has 0 radical (unpaired) electrons. The van der Waals surface area contributed by atoms with E-state index in [1.807, 2.05) is 30.3 Å². The maximum atomic E-state index is 12.6. The fourth-order valence-electron chi connectivity index (χ4n) is 4.46. The van der Waals surface area contributed by atoms with E-state index in [0.717, 1.165) is 41.9 Å². The van der Waals surface area contributed by atoms with E-state index in [4.69, 9.17) is 14.7 Å². The number of pyridine rings is 4. The molecule has 10 nitrogen and oxygen atoms in total. The van der Waals surface area contributed by atoms with Crippen molar-refractivity contribution in [2.45, 2.75) is 37.4 Å². The molecule has 11 heteroatoms. The number of hydrogen-bond acceptors (Lipinski definition) is 9. The highest BCUT2D eigenvalue weighted by atomic mass is 32.2. The second-order valence-corrected chi connectivity index (χ2v) is 11.5. The van der Waals surface area contributed by atoms with E-state index in [9.17, 15) is 13.2 Å². The minimum atomic E-state index is -3.43. The van der Waals surface area contributed by atoms with Gasteiger partial charge in [-0.05, 0) is 50.2 Å². The third-order valence-corrected chi connectivity index (χ3v) is 7.22. The van der Waals surface area contributed by atoms with Crippen molar-refractivity contribution in [2.24, 2.45) is 0 Å². The first kappa shape index (κ1) is 25.7. The number of sulfone groups is 1. The molecule has 1 fully saturated rings. The van der Waals surface area contributed by atoms with Gasteiger partial charge in [0, 0.05) is 37.1 Å². The van der Waals surface area contributed by atoms with E-state index in [-0.39, 0.29) is 29.4 Å². The third-order valence-electron chi connectivity index (χ3n) is 6.14. The summed E-state index contributed by atoms with van der Waals surface area (Å²) in [5.41, 5.74) is 3.01. The number of fused-ring (bicyclic) bond motifs is 1. The molecule has 5 rings (SSSR count). The summed E-state index contributed by atoms with van der Waals surface area (Å²) in [5, 5.41) is 3.52. The molecule has 1 amide bonds. The number of morpholine rings is 1. The van der Waals surface area contributed by atoms with E-state index in [1.165, 1.54) is 18.5 Å². The summed E-state index contributed by atoms with van der Waals surface area (Å²) in [7, 11) is -3.43. The molecule has 4 aromatic rings. The average molecular weight is 533 g/mol. The van der Waals surface area contributed by atoms with Crippen molar-refractivity contribution in [3.8, 4) is 11.4 Å². The zero-order chi connectivity index (χ0) is 26.9. The molecule has 0 unspecified atom stereocenters. The van der Waals surface area contributed by atoms with Crippen molar-refractivity contribution in [1.82, 2.24) is 19.9 Å². The van der Waals surface area contributed by atoms with Crippen LogP contribution in [0.25, 0.3) is 22.3 Å². The van der Waals surface area contributed by atoms with Gasteiger partial charge in [0.05, 0.1) is 58.0 Å². The number of aromatic nitrogens is 4. The van der Waals surface area contributed by atoms with Gasteiger partial charge in [-0.2, -0.15) is 0 Å². The molecule has 1 aliphatic rings. The molecule has 0 spiro atoms. The van der Waals surface area contributed by atoms with Crippen LogP contribution >= 0.6 is 0 Å². The van der Waals surface area contributed by atoms with Crippen molar-refractivity contribution in [2.75, 3.05) is 29.6 Å². The van der Waals surface area contributed by atoms with Gasteiger partial charge in [0.15, 0.2) is 9.84 Å². The van der Waals surface area contributed by atoms with Crippen LogP contribution in [0, 0.1) is 0 Å². The molecule has 5 heterocycles. The summed E-state index contributed by atoms with van der Waals surface area (Å²) >= 11 is 0. The summed E-state index contributed by atoms with van der Waals surface area (Å²) in [6.45, 7) is 5.68. The van der Waals surface area contributed by atoms with Gasteiger partial charge in [0.1, 0.15) is 5.82 Å². The first-order valence-corrected chi connectivity index (χ1v) is 14.1. The normalized spacial score (nSPS) is 17.9. The Morgan fingerprint density at radius 3 is 2.55 bits per heavy atom. The zero-order valence-corrected chi connectivity index (χ0v) is 22.1. The molecule has 0 aromatic carbocycles. The maximum absolute atomic E-state index is 12.6. The van der Waals surface area contributed by atoms with E-state index in [1.54, 1.807) is 12.3 Å². The van der Waals surface area contributed by atoms with Crippen LogP contribution in [0.1, 0.15) is 19.5 Å². The number of nitrogens with zero attached hydrogens (tertiary/aromatic N) is 5. The average Bonchev–Trinajstić information content (AvgIpc) is 2.87. The summed E-state index contributed by atoms with van der Waals surface area (Å²) in [6.07, 6.45) is 5.66. The van der Waals surface area contributed by atoms with Gasteiger partial charge in [-0.15, -0.1) is 0 Å². The predicted molar refractivity (Wildman–Crippen MR) is 145 cm³/mol. The van der Waals surface area contributed by atoms with Crippen LogP contribution in [0.4, 0.5) is 11.5 Å². The van der Waals surface area contributed by atoms with Gasteiger partial charge in [0.2, 0.25) is 5.91 Å². The Kier molecular flexibility index (Phi) is 7.04. The van der Waals surface area contributed by atoms with Gasteiger partial charge >= 0.3 is 0 Å². The first-order valence-electron chi connectivity index (χ1n) is 12.2. The largest absolute Gasteiger partial charge is 0.372 e. The molecule has 1 aliphatic heterocycles. The maximum Gasteiger partial charge on any atom is 0.230 e. The highest BCUT2D eigenvalue weighted by Crippen LogP contribution is 2.24. The Labute approximate surface area is 221 Å². The standard InChI is InChI=1S/C27H28N6O4S/c1-17-15-33(16-18(2)37-17)26-6-4-5-23(32-26)24-8-7-19-12-29-20(10-25(19)31-24)11-27(34)30-21-9-22(14-28-13-21)38(3,35)36/h4-10,12-14,17-18H,11,15-16H2,1-3H3,(H,30,34)/t17-,18+. The molecule has 2 atom stereocenters. The molecule has 196 valence electrons. The number of carbonyl (C=O) groups excluding carboxylic acids is 1. The smallest absolute Gasteiger partial charge is 0.230 e. The van der Waals surface area contributed by atoms with Crippen LogP contribution in [0.3, 0.4) is 0 Å². The fraction of sp³-hybridized carbons (Fsp3) is 0.296. The van der Waals surface area contributed by atoms with E-state index < -0.39 is 9.84 Å². The molecule has 0 aliphatic carbocycles. The lowest BCUT2D eigenvalue weighted by molar-refractivity contribution is -0.115. The molecule has 0 bridgehead atoms. The van der Waals surface area contributed by atoms with Crippen molar-refractivity contribution >= 4 is 38.2 Å². The van der Waals surface area contributed by atoms with E-state index in [0.29, 0.717) is 16.9 Å². The number of nitrogens with one attached hydrogen (secondary N) is 1. The van der Waals surface area contributed by atoms with E-state index in [2.05, 4.69) is 34.0 Å². The Bertz CT molecular complexity index is 1600. The quantitative estimate of drug-likeness (QED) is 0.398. The number of ether oxygens (including phenoxy) is 1. The van der Waals surface area contributed by atoms with Crippen LogP contribution in [0.15, 0.2) is 66.0 Å². The van der Waals surface area contributed by atoms with Crippen LogP contribution in [-0.4, -0.2) is 65.8 Å².